The number of allylic oxidation sites excluding steroid dienone is 2. The minimum absolute atomic E-state index is 0.0996. The fourth-order valence-electron chi connectivity index (χ4n) is 2.91. The van der Waals surface area contributed by atoms with E-state index in [-0.39, 0.29) is 23.7 Å². The summed E-state index contributed by atoms with van der Waals surface area (Å²) in [6.07, 6.45) is 5.59. The van der Waals surface area contributed by atoms with Gasteiger partial charge < -0.3 is 0 Å². The molecule has 2 atom stereocenters. The molecule has 4 heteroatoms. The van der Waals surface area contributed by atoms with E-state index >= 15 is 0 Å². The third-order valence-electron chi connectivity index (χ3n) is 3.99. The summed E-state index contributed by atoms with van der Waals surface area (Å²) >= 11 is 0. The van der Waals surface area contributed by atoms with E-state index in [2.05, 4.69) is 6.07 Å². The topological polar surface area (TPSA) is 61.2 Å². The molecule has 1 saturated heterocycles. The number of carbonyl (C=O) groups excluding carboxylic acids is 2. The Hall–Kier alpha value is -2.41. The van der Waals surface area contributed by atoms with Crippen molar-refractivity contribution in [2.75, 3.05) is 4.90 Å². The number of anilines is 1. The molecule has 100 valence electrons. The number of rotatable bonds is 2. The van der Waals surface area contributed by atoms with Crippen molar-refractivity contribution >= 4 is 17.5 Å². The van der Waals surface area contributed by atoms with Crippen molar-refractivity contribution in [1.82, 2.24) is 0 Å². The molecule has 0 radical (unpaired) electrons. The number of hydrogen-bond acceptors (Lipinski definition) is 3. The van der Waals surface area contributed by atoms with Gasteiger partial charge in [-0.15, -0.1) is 0 Å². The van der Waals surface area contributed by atoms with Gasteiger partial charge >= 0.3 is 0 Å². The van der Waals surface area contributed by atoms with Crippen LogP contribution in [0.5, 0.6) is 0 Å². The molecule has 20 heavy (non-hydrogen) atoms. The molecule has 0 aromatic heterocycles. The highest BCUT2D eigenvalue weighted by molar-refractivity contribution is 6.22. The van der Waals surface area contributed by atoms with Gasteiger partial charge in [-0.1, -0.05) is 24.3 Å². The first-order valence-electron chi connectivity index (χ1n) is 6.71. The molecule has 1 heterocycles. The van der Waals surface area contributed by atoms with Gasteiger partial charge in [0.15, 0.2) is 0 Å². The van der Waals surface area contributed by atoms with Crippen molar-refractivity contribution in [3.8, 4) is 6.07 Å². The molecule has 0 N–H and O–H groups in total. The van der Waals surface area contributed by atoms with Gasteiger partial charge in [-0.05, 0) is 30.5 Å². The molecular formula is C16H14N2O2. The predicted octanol–water partition coefficient (Wildman–Crippen LogP) is 2.21. The first-order chi connectivity index (χ1) is 9.72. The van der Waals surface area contributed by atoms with Crippen LogP contribution < -0.4 is 4.90 Å². The van der Waals surface area contributed by atoms with E-state index in [4.69, 9.17) is 5.26 Å². The second-order valence-electron chi connectivity index (χ2n) is 5.17. The van der Waals surface area contributed by atoms with Gasteiger partial charge in [0, 0.05) is 0 Å². The summed E-state index contributed by atoms with van der Waals surface area (Å²) in [6, 6.07) is 9.14. The number of nitriles is 1. The molecule has 0 bridgehead atoms. The number of hydrogen-bond donors (Lipinski definition) is 0. The zero-order valence-corrected chi connectivity index (χ0v) is 11.0. The largest absolute Gasteiger partial charge is 0.274 e. The fraction of sp³-hybridized carbons (Fsp3) is 0.312. The SMILES string of the molecule is N#CCc1ccc(N2C(=O)C3CC=CCC3C2=O)cc1. The molecule has 1 aromatic rings. The lowest BCUT2D eigenvalue weighted by Gasteiger charge is -2.14. The molecule has 1 aliphatic heterocycles. The molecule has 1 aliphatic carbocycles. The van der Waals surface area contributed by atoms with Gasteiger partial charge in [0.2, 0.25) is 11.8 Å². The zero-order valence-electron chi connectivity index (χ0n) is 11.0. The van der Waals surface area contributed by atoms with E-state index in [1.54, 1.807) is 24.3 Å². The Bertz CT molecular complexity index is 599. The van der Waals surface area contributed by atoms with Crippen molar-refractivity contribution in [3.63, 3.8) is 0 Å². The summed E-state index contributed by atoms with van der Waals surface area (Å²) in [5.74, 6) is -0.604. The smallest absolute Gasteiger partial charge is 0.238 e. The van der Waals surface area contributed by atoms with E-state index < -0.39 is 0 Å². The van der Waals surface area contributed by atoms with Gasteiger partial charge in [0.1, 0.15) is 0 Å². The maximum Gasteiger partial charge on any atom is 0.238 e. The highest BCUT2D eigenvalue weighted by Gasteiger charge is 2.47. The lowest BCUT2D eigenvalue weighted by atomic mass is 9.85. The molecule has 1 aromatic carbocycles. The van der Waals surface area contributed by atoms with Crippen molar-refractivity contribution in [2.24, 2.45) is 11.8 Å². The number of amides is 2. The molecule has 3 rings (SSSR count). The van der Waals surface area contributed by atoms with Crippen LogP contribution in [0.15, 0.2) is 36.4 Å². The Kier molecular flexibility index (Phi) is 3.11. The van der Waals surface area contributed by atoms with E-state index in [9.17, 15) is 9.59 Å². The normalized spacial score (nSPS) is 24.6. The van der Waals surface area contributed by atoms with Crippen LogP contribution in [0.25, 0.3) is 0 Å². The number of imide groups is 1. The average Bonchev–Trinajstić information content (AvgIpc) is 2.73. The molecule has 0 saturated carbocycles. The first kappa shape index (κ1) is 12.6. The number of fused-ring (bicyclic) bond motifs is 1. The minimum atomic E-state index is -0.203. The van der Waals surface area contributed by atoms with Crippen LogP contribution in [0.4, 0.5) is 5.69 Å². The van der Waals surface area contributed by atoms with Gasteiger partial charge in [0.25, 0.3) is 0 Å². The average molecular weight is 266 g/mol. The number of benzene rings is 1. The zero-order chi connectivity index (χ0) is 14.1. The maximum atomic E-state index is 12.4. The standard InChI is InChI=1S/C16H14N2O2/c17-10-9-11-5-7-12(8-6-11)18-15(19)13-3-1-2-4-14(13)16(18)20/h1-2,5-8,13-14H,3-4,9H2. The Morgan fingerprint density at radius 2 is 1.60 bits per heavy atom. The summed E-state index contributed by atoms with van der Waals surface area (Å²) in [4.78, 5) is 26.1. The third kappa shape index (κ3) is 1.92. The first-order valence-corrected chi connectivity index (χ1v) is 6.71. The molecule has 2 aliphatic rings. The summed E-state index contributed by atoms with van der Waals surface area (Å²) in [5, 5.41) is 8.65. The summed E-state index contributed by atoms with van der Waals surface area (Å²) in [7, 11) is 0. The Labute approximate surface area is 117 Å². The minimum Gasteiger partial charge on any atom is -0.274 e. The van der Waals surface area contributed by atoms with Crippen LogP contribution in [0.1, 0.15) is 18.4 Å². The molecular weight excluding hydrogens is 252 g/mol. The third-order valence-corrected chi connectivity index (χ3v) is 3.99. The van der Waals surface area contributed by atoms with Crippen LogP contribution in [0.2, 0.25) is 0 Å². The van der Waals surface area contributed by atoms with Crippen LogP contribution in [0.3, 0.4) is 0 Å². The highest BCUT2D eigenvalue weighted by atomic mass is 16.2. The lowest BCUT2D eigenvalue weighted by Crippen LogP contribution is -2.30. The highest BCUT2D eigenvalue weighted by Crippen LogP contribution is 2.37. The Balaban J connectivity index is 1.89. The van der Waals surface area contributed by atoms with Gasteiger partial charge in [-0.25, -0.2) is 0 Å². The number of carbonyl (C=O) groups is 2. The van der Waals surface area contributed by atoms with Crippen LogP contribution >= 0.6 is 0 Å². The summed E-state index contributed by atoms with van der Waals surface area (Å²) in [6.45, 7) is 0. The van der Waals surface area contributed by atoms with Crippen molar-refractivity contribution in [2.45, 2.75) is 19.3 Å². The van der Waals surface area contributed by atoms with Gasteiger partial charge in [0.05, 0.1) is 30.0 Å². The molecule has 2 amide bonds. The molecule has 2 unspecified atom stereocenters. The van der Waals surface area contributed by atoms with Crippen molar-refractivity contribution in [3.05, 3.63) is 42.0 Å². The summed E-state index contributed by atoms with van der Waals surface area (Å²) < 4.78 is 0. The fourth-order valence-corrected chi connectivity index (χ4v) is 2.91. The summed E-state index contributed by atoms with van der Waals surface area (Å²) in [5.41, 5.74) is 1.49. The Morgan fingerprint density at radius 1 is 1.05 bits per heavy atom. The molecule has 0 spiro atoms. The second kappa shape index (κ2) is 4.93. The van der Waals surface area contributed by atoms with E-state index in [0.29, 0.717) is 24.9 Å². The van der Waals surface area contributed by atoms with Crippen molar-refractivity contribution < 1.29 is 9.59 Å². The van der Waals surface area contributed by atoms with Crippen LogP contribution in [-0.2, 0) is 16.0 Å². The quantitative estimate of drug-likeness (QED) is 0.609. The van der Waals surface area contributed by atoms with Crippen LogP contribution in [-0.4, -0.2) is 11.8 Å². The maximum absolute atomic E-state index is 12.4. The lowest BCUT2D eigenvalue weighted by molar-refractivity contribution is -0.122. The van der Waals surface area contributed by atoms with E-state index in [0.717, 1.165) is 5.56 Å². The molecule has 1 fully saturated rings. The second-order valence-corrected chi connectivity index (χ2v) is 5.17. The van der Waals surface area contributed by atoms with Crippen molar-refractivity contribution in [1.29, 1.82) is 5.26 Å². The van der Waals surface area contributed by atoms with Gasteiger partial charge in [-0.2, -0.15) is 5.26 Å². The van der Waals surface area contributed by atoms with E-state index in [1.807, 2.05) is 12.2 Å². The monoisotopic (exact) mass is 266 g/mol. The molecule has 4 nitrogen and oxygen atoms in total. The van der Waals surface area contributed by atoms with Crippen LogP contribution in [0, 0.1) is 23.2 Å². The Morgan fingerprint density at radius 3 is 2.10 bits per heavy atom. The number of nitrogens with zero attached hydrogens (tertiary/aromatic N) is 2. The predicted molar refractivity (Wildman–Crippen MR) is 73.6 cm³/mol. The van der Waals surface area contributed by atoms with E-state index in [1.165, 1.54) is 4.90 Å². The van der Waals surface area contributed by atoms with Gasteiger partial charge in [-0.3, -0.25) is 14.5 Å².